The lowest BCUT2D eigenvalue weighted by Crippen LogP contribution is -2.37. The third kappa shape index (κ3) is 30.8. The molecule has 0 aliphatic carbocycles. The molecule has 1 heterocycles. The maximum absolute atomic E-state index is 12.7. The van der Waals surface area contributed by atoms with Crippen molar-refractivity contribution in [3.63, 3.8) is 0 Å². The number of allylic oxidation sites excluding steroid dienone is 1. The van der Waals surface area contributed by atoms with Gasteiger partial charge < -0.3 is 23.6 Å². The Kier molecular flexibility index (Phi) is 28.2. The van der Waals surface area contributed by atoms with Crippen molar-refractivity contribution >= 4 is 19.8 Å². The van der Waals surface area contributed by atoms with E-state index in [4.69, 9.17) is 23.3 Å². The molecular formula is C40H77NO9P+. The Morgan fingerprint density at radius 1 is 0.706 bits per heavy atom. The SMILES string of the molecule is CCCCC/C=C\CC1OC1CCCCCCCC(=O)O[C@H](COC(=O)CCCCCCCCCCCCC)COP(=O)(O)OCC[N+](C)(C)C. The van der Waals surface area contributed by atoms with Crippen molar-refractivity contribution in [3.8, 4) is 0 Å². The fourth-order valence-corrected chi connectivity index (χ4v) is 6.58. The standard InChI is InChI=1S/C40H76NO9P/c1-6-8-10-12-14-15-16-17-18-22-26-30-39(42)46-34-36(35-48-51(44,45)47-33-32-41(3,4)5)49-40(43)31-27-23-19-21-25-29-38-37(50-38)28-24-20-13-11-9-7-2/h20,24,36-38H,6-19,21-23,25-35H2,1-5H3/p+1/b24-20-/t36-,37?,38?/m1/s1. The molecule has 0 saturated carbocycles. The summed E-state index contributed by atoms with van der Waals surface area (Å²) in [5, 5.41) is 0. The predicted octanol–water partition coefficient (Wildman–Crippen LogP) is 10.0. The molecule has 4 atom stereocenters. The minimum Gasteiger partial charge on any atom is -0.462 e. The number of likely N-dealkylation sites (N-methyl/N-ethyl adjacent to an activating group) is 1. The molecule has 300 valence electrons. The molecule has 10 nitrogen and oxygen atoms in total. The van der Waals surface area contributed by atoms with Gasteiger partial charge in [0.1, 0.15) is 19.8 Å². The quantitative estimate of drug-likeness (QED) is 0.0167. The van der Waals surface area contributed by atoms with Gasteiger partial charge in [-0.1, -0.05) is 129 Å². The maximum atomic E-state index is 12.7. The number of esters is 2. The average molecular weight is 747 g/mol. The van der Waals surface area contributed by atoms with Crippen molar-refractivity contribution < 1.29 is 46.8 Å². The lowest BCUT2D eigenvalue weighted by molar-refractivity contribution is -0.870. The number of unbranched alkanes of at least 4 members (excludes halogenated alkanes) is 17. The number of carbonyl (C=O) groups is 2. The van der Waals surface area contributed by atoms with Gasteiger partial charge in [0.25, 0.3) is 0 Å². The van der Waals surface area contributed by atoms with Crippen LogP contribution in [0.25, 0.3) is 0 Å². The summed E-state index contributed by atoms with van der Waals surface area (Å²) in [4.78, 5) is 35.3. The van der Waals surface area contributed by atoms with E-state index >= 15 is 0 Å². The molecule has 1 aliphatic rings. The smallest absolute Gasteiger partial charge is 0.462 e. The lowest BCUT2D eigenvalue weighted by Gasteiger charge is -2.24. The van der Waals surface area contributed by atoms with Crippen molar-refractivity contribution in [2.75, 3.05) is 47.5 Å². The van der Waals surface area contributed by atoms with Gasteiger partial charge >= 0.3 is 19.8 Å². The molecule has 11 heteroatoms. The molecule has 3 unspecified atom stereocenters. The van der Waals surface area contributed by atoms with Gasteiger partial charge in [0.2, 0.25) is 0 Å². The first-order valence-corrected chi connectivity index (χ1v) is 22.0. The molecule has 0 radical (unpaired) electrons. The summed E-state index contributed by atoms with van der Waals surface area (Å²) in [5.41, 5.74) is 0. The van der Waals surface area contributed by atoms with Crippen molar-refractivity contribution in [2.45, 2.75) is 186 Å². The molecule has 0 amide bonds. The number of phosphoric ester groups is 1. The summed E-state index contributed by atoms with van der Waals surface area (Å²) in [6, 6.07) is 0. The molecule has 1 N–H and O–H groups in total. The summed E-state index contributed by atoms with van der Waals surface area (Å²) in [6.07, 6.45) is 29.9. The number of quaternary nitrogens is 1. The predicted molar refractivity (Wildman–Crippen MR) is 205 cm³/mol. The average Bonchev–Trinajstić information content (AvgIpc) is 3.83. The fraction of sp³-hybridized carbons (Fsp3) is 0.900. The molecule has 1 saturated heterocycles. The topological polar surface area (TPSA) is 121 Å². The first kappa shape index (κ1) is 47.7. The van der Waals surface area contributed by atoms with Crippen LogP contribution in [0.2, 0.25) is 0 Å². The van der Waals surface area contributed by atoms with Crippen LogP contribution in [0.5, 0.6) is 0 Å². The van der Waals surface area contributed by atoms with E-state index in [1.165, 1.54) is 70.6 Å². The van der Waals surface area contributed by atoms with Crippen LogP contribution >= 0.6 is 7.82 Å². The number of hydrogen-bond acceptors (Lipinski definition) is 8. The number of ether oxygens (including phenoxy) is 3. The number of epoxide rings is 1. The van der Waals surface area contributed by atoms with E-state index < -0.39 is 26.5 Å². The molecule has 1 fully saturated rings. The normalized spacial score (nSPS) is 17.8. The molecule has 51 heavy (non-hydrogen) atoms. The summed E-state index contributed by atoms with van der Waals surface area (Å²) in [6.45, 7) is 4.35. The van der Waals surface area contributed by atoms with E-state index in [0.29, 0.717) is 29.7 Å². The largest absolute Gasteiger partial charge is 0.472 e. The molecule has 1 rings (SSSR count). The molecule has 0 aromatic heterocycles. The number of phosphoric acid groups is 1. The van der Waals surface area contributed by atoms with Crippen LogP contribution in [0.1, 0.15) is 168 Å². The Morgan fingerprint density at radius 3 is 1.86 bits per heavy atom. The highest BCUT2D eigenvalue weighted by atomic mass is 31.2. The summed E-state index contributed by atoms with van der Waals surface area (Å²) >= 11 is 0. The van der Waals surface area contributed by atoms with Crippen LogP contribution in [-0.2, 0) is 37.4 Å². The van der Waals surface area contributed by atoms with Crippen molar-refractivity contribution in [2.24, 2.45) is 0 Å². The molecule has 1 aliphatic heterocycles. The third-order valence-corrected chi connectivity index (χ3v) is 10.2. The Balaban J connectivity index is 2.31. The Bertz CT molecular complexity index is 955. The van der Waals surface area contributed by atoms with Gasteiger partial charge in [0.05, 0.1) is 40.0 Å². The molecule has 0 aromatic carbocycles. The van der Waals surface area contributed by atoms with Crippen LogP contribution in [0.4, 0.5) is 0 Å². The molecule has 0 bridgehead atoms. The second kappa shape index (κ2) is 30.1. The van der Waals surface area contributed by atoms with E-state index in [1.54, 1.807) is 0 Å². The molecule has 0 aromatic rings. The van der Waals surface area contributed by atoms with E-state index in [2.05, 4.69) is 26.0 Å². The van der Waals surface area contributed by atoms with E-state index in [0.717, 1.165) is 64.2 Å². The Labute approximate surface area is 311 Å². The Hall–Kier alpha value is -1.29. The zero-order valence-corrected chi connectivity index (χ0v) is 34.2. The van der Waals surface area contributed by atoms with E-state index in [1.807, 2.05) is 21.1 Å². The van der Waals surface area contributed by atoms with Gasteiger partial charge in [-0.3, -0.25) is 18.6 Å². The van der Waals surface area contributed by atoms with Gasteiger partial charge in [0.15, 0.2) is 6.10 Å². The van der Waals surface area contributed by atoms with Crippen LogP contribution in [0.15, 0.2) is 12.2 Å². The Morgan fingerprint density at radius 2 is 1.25 bits per heavy atom. The van der Waals surface area contributed by atoms with Gasteiger partial charge in [-0.15, -0.1) is 0 Å². The summed E-state index contributed by atoms with van der Waals surface area (Å²) in [5.74, 6) is -0.819. The number of hydrogen-bond donors (Lipinski definition) is 1. The van der Waals surface area contributed by atoms with E-state index in [-0.39, 0.29) is 32.0 Å². The van der Waals surface area contributed by atoms with Crippen molar-refractivity contribution in [1.82, 2.24) is 0 Å². The van der Waals surface area contributed by atoms with Crippen LogP contribution in [-0.4, -0.2) is 87.1 Å². The zero-order chi connectivity index (χ0) is 37.6. The third-order valence-electron chi connectivity index (χ3n) is 9.22. The van der Waals surface area contributed by atoms with Gasteiger partial charge in [-0.25, -0.2) is 4.57 Å². The van der Waals surface area contributed by atoms with E-state index in [9.17, 15) is 19.0 Å². The lowest BCUT2D eigenvalue weighted by atomic mass is 10.1. The minimum absolute atomic E-state index is 0.0283. The summed E-state index contributed by atoms with van der Waals surface area (Å²) in [7, 11) is 1.46. The highest BCUT2D eigenvalue weighted by Gasteiger charge is 2.36. The second-order valence-electron chi connectivity index (χ2n) is 15.4. The van der Waals surface area contributed by atoms with Gasteiger partial charge in [-0.05, 0) is 38.5 Å². The first-order valence-electron chi connectivity index (χ1n) is 20.5. The summed E-state index contributed by atoms with van der Waals surface area (Å²) < 4.78 is 40.0. The first-order chi connectivity index (χ1) is 24.5. The fourth-order valence-electron chi connectivity index (χ4n) is 5.84. The minimum atomic E-state index is -4.37. The number of rotatable bonds is 36. The van der Waals surface area contributed by atoms with Crippen LogP contribution in [0.3, 0.4) is 0 Å². The monoisotopic (exact) mass is 747 g/mol. The van der Waals surface area contributed by atoms with Crippen LogP contribution < -0.4 is 0 Å². The van der Waals surface area contributed by atoms with Crippen molar-refractivity contribution in [3.05, 3.63) is 12.2 Å². The van der Waals surface area contributed by atoms with Gasteiger partial charge in [-0.2, -0.15) is 0 Å². The zero-order valence-electron chi connectivity index (χ0n) is 33.3. The number of carbonyl (C=O) groups excluding carboxylic acids is 2. The van der Waals surface area contributed by atoms with Gasteiger partial charge in [0, 0.05) is 12.8 Å². The highest BCUT2D eigenvalue weighted by molar-refractivity contribution is 7.47. The van der Waals surface area contributed by atoms with Crippen molar-refractivity contribution in [1.29, 1.82) is 0 Å². The maximum Gasteiger partial charge on any atom is 0.472 e. The molecule has 0 spiro atoms. The van der Waals surface area contributed by atoms with Crippen LogP contribution in [0, 0.1) is 0 Å². The molecular weight excluding hydrogens is 669 g/mol. The number of nitrogens with zero attached hydrogens (tertiary/aromatic N) is 1. The second-order valence-corrected chi connectivity index (χ2v) is 16.9. The highest BCUT2D eigenvalue weighted by Crippen LogP contribution is 2.43.